The molecular formula is C108H106N16O18. The molecule has 11 aromatic carbocycles. The molecule has 0 saturated heterocycles. The van der Waals surface area contributed by atoms with Gasteiger partial charge in [0.05, 0.1) is 93.4 Å². The zero-order valence-corrected chi connectivity index (χ0v) is 79.0. The number of non-ortho nitro benzene ring substituents is 3. The number of fused-ring (bicyclic) bond motifs is 6. The van der Waals surface area contributed by atoms with Gasteiger partial charge in [0, 0.05) is 118 Å². The van der Waals surface area contributed by atoms with Crippen LogP contribution < -0.4 is 39.3 Å². The number of ketones is 4. The monoisotopic (exact) mass is 1910 g/mol. The number of hydrogen-bond donors (Lipinski definition) is 9. The van der Waals surface area contributed by atoms with Gasteiger partial charge in [-0.15, -0.1) is 0 Å². The van der Waals surface area contributed by atoms with Gasteiger partial charge < -0.3 is 77.0 Å². The predicted molar refractivity (Wildman–Crippen MR) is 547 cm³/mol. The van der Waals surface area contributed by atoms with E-state index in [1.165, 1.54) is 24.8 Å². The highest BCUT2D eigenvalue weighted by atomic mass is 16.6. The average Bonchev–Trinajstić information content (AvgIpc) is 1.61. The van der Waals surface area contributed by atoms with Crippen LogP contribution in [0.25, 0.3) is 65.4 Å². The number of primary amides is 4. The van der Waals surface area contributed by atoms with Crippen LogP contribution in [0.2, 0.25) is 0 Å². The number of nitrogens with zero attached hydrogens (tertiary/aromatic N) is 8. The molecular weight excluding hydrogens is 1810 g/mol. The molecule has 0 aliphatic heterocycles. The maximum atomic E-state index is 12.7. The van der Waals surface area contributed by atoms with Crippen LogP contribution in [-0.4, -0.2) is 127 Å². The lowest BCUT2D eigenvalue weighted by molar-refractivity contribution is -0.383. The van der Waals surface area contributed by atoms with E-state index in [0.717, 1.165) is 97.4 Å². The quantitative estimate of drug-likeness (QED) is 0.00460. The number of carbonyl (C=O) groups is 10. The second-order valence-electron chi connectivity index (χ2n) is 32.7. The van der Waals surface area contributed by atoms with Gasteiger partial charge in [0.2, 0.25) is 0 Å². The van der Waals surface area contributed by atoms with Crippen LogP contribution >= 0.6 is 0 Å². The van der Waals surface area contributed by atoms with Crippen LogP contribution in [0.15, 0.2) is 273 Å². The smallest absolute Gasteiger partial charge is 0.325 e. The first-order chi connectivity index (χ1) is 68.3. The number of aromatic nitrogens is 6. The molecule has 0 radical (unpaired) electrons. The minimum Gasteiger partial charge on any atom is -0.480 e. The van der Waals surface area contributed by atoms with Crippen molar-refractivity contribution in [3.05, 3.63) is 388 Å². The number of carboxylic acids is 1. The Balaban J connectivity index is 0.000000154. The second-order valence-corrected chi connectivity index (χ2v) is 32.7. The third-order valence-electron chi connectivity index (χ3n) is 24.0. The lowest BCUT2D eigenvalue weighted by Gasteiger charge is -2.11. The van der Waals surface area contributed by atoms with Crippen LogP contribution in [0.4, 0.5) is 34.1 Å². The van der Waals surface area contributed by atoms with E-state index >= 15 is 0 Å². The zero-order chi connectivity index (χ0) is 102. The lowest BCUT2D eigenvalue weighted by Crippen LogP contribution is -2.24. The number of nitrogens with one attached hydrogen (secondary N) is 3. The van der Waals surface area contributed by atoms with Gasteiger partial charge in [-0.1, -0.05) is 230 Å². The minimum atomic E-state index is -1.13. The Morgan fingerprint density at radius 1 is 0.345 bits per heavy atom. The molecule has 0 aliphatic rings. The van der Waals surface area contributed by atoms with E-state index in [4.69, 9.17) is 33.8 Å². The Kier molecular flexibility index (Phi) is 34.0. The molecule has 14 N–H and O–H groups in total. The molecule has 0 saturated carbocycles. The molecule has 34 heteroatoms. The number of benzene rings is 11. The highest BCUT2D eigenvalue weighted by Gasteiger charge is 2.34. The number of aryl methyl sites for hydroxylation is 2. The first-order valence-corrected chi connectivity index (χ1v) is 45.6. The largest absolute Gasteiger partial charge is 0.480 e. The number of amides is 4. The van der Waals surface area contributed by atoms with Gasteiger partial charge in [-0.3, -0.25) is 78.3 Å². The Bertz CT molecular complexity index is 7650. The fourth-order valence-electron chi connectivity index (χ4n) is 17.7. The van der Waals surface area contributed by atoms with Crippen molar-refractivity contribution in [2.24, 2.45) is 22.9 Å². The van der Waals surface area contributed by atoms with Crippen molar-refractivity contribution in [2.75, 3.05) is 36.6 Å². The summed E-state index contributed by atoms with van der Waals surface area (Å²) in [4.78, 5) is 155. The van der Waals surface area contributed by atoms with E-state index in [2.05, 4.69) is 44.0 Å². The van der Waals surface area contributed by atoms with Crippen molar-refractivity contribution in [1.82, 2.24) is 27.8 Å². The van der Waals surface area contributed by atoms with Crippen molar-refractivity contribution < 1.29 is 72.6 Å². The van der Waals surface area contributed by atoms with E-state index in [1.807, 2.05) is 247 Å². The van der Waals surface area contributed by atoms with Gasteiger partial charge in [0.1, 0.15) is 13.1 Å². The Labute approximate surface area is 814 Å². The van der Waals surface area contributed by atoms with Gasteiger partial charge >= 0.3 is 11.9 Å². The van der Waals surface area contributed by atoms with Crippen molar-refractivity contribution >= 4 is 158 Å². The summed E-state index contributed by atoms with van der Waals surface area (Å²) in [7, 11) is 1.30. The summed E-state index contributed by atoms with van der Waals surface area (Å²) in [5, 5.41) is 51.5. The molecule has 142 heavy (non-hydrogen) atoms. The third kappa shape index (κ3) is 23.0. The maximum Gasteiger partial charge on any atom is 0.325 e. The summed E-state index contributed by atoms with van der Waals surface area (Å²) in [6.07, 6.45) is 3.76. The highest BCUT2D eigenvalue weighted by molar-refractivity contribution is 6.47. The molecule has 0 atom stereocenters. The molecule has 0 bridgehead atoms. The van der Waals surface area contributed by atoms with Crippen LogP contribution in [0.5, 0.6) is 0 Å². The van der Waals surface area contributed by atoms with Gasteiger partial charge in [0.25, 0.3) is 63.8 Å². The second kappa shape index (κ2) is 47.0. The number of anilines is 3. The highest BCUT2D eigenvalue weighted by Crippen LogP contribution is 2.40. The van der Waals surface area contributed by atoms with Crippen LogP contribution in [-0.2, 0) is 105 Å². The van der Waals surface area contributed by atoms with Gasteiger partial charge in [-0.05, 0) is 133 Å². The number of esters is 1. The van der Waals surface area contributed by atoms with Crippen LogP contribution in [0.3, 0.4) is 0 Å². The first kappa shape index (κ1) is 103. The topological polar surface area (TPSA) is 524 Å². The fraction of sp³-hybridized carbons (Fsp3) is 0.185. The van der Waals surface area contributed by atoms with Crippen molar-refractivity contribution in [3.8, 4) is 0 Å². The number of nitro groups is 3. The summed E-state index contributed by atoms with van der Waals surface area (Å²) < 4.78 is 14.7. The number of rotatable bonds is 33. The predicted octanol–water partition coefficient (Wildman–Crippen LogP) is 17.1. The number of nitro benzene ring substituents is 3. The molecule has 0 unspecified atom stereocenters. The summed E-state index contributed by atoms with van der Waals surface area (Å²) in [6, 6.07) is 84.2. The fourth-order valence-corrected chi connectivity index (χ4v) is 17.7. The Hall–Kier alpha value is -18.2. The number of nitrogens with two attached hydrogens (primary N) is 5. The van der Waals surface area contributed by atoms with E-state index < -0.39 is 63.6 Å². The van der Waals surface area contributed by atoms with E-state index in [0.29, 0.717) is 113 Å². The zero-order valence-electron chi connectivity index (χ0n) is 79.0. The van der Waals surface area contributed by atoms with Gasteiger partial charge in [-0.25, -0.2) is 0 Å². The number of nitrogen functional groups attached to an aromatic ring is 1. The molecule has 17 rings (SSSR count). The number of H-pyrrole nitrogens is 1. The number of hydrogen-bond acceptors (Lipinski definition) is 20. The number of aromatic amines is 1. The van der Waals surface area contributed by atoms with Crippen LogP contribution in [0, 0.1) is 30.3 Å². The molecule has 0 fully saturated rings. The standard InChI is InChI=1S/C22H23N3O4.C21H21N3O4.C19H17N3O4.C19H19N3O2.C17H16N2O2.C10H10N2O2/c1-3-16-20(21(27)22(23)28)19-15(24-12-18(26)29-2)10-7-11-17(19)25(16)13-14-8-5-4-6-9-14;1-2-15-19(20(27)21(22)28)18-14(23-11-17(25)26)9-6-10-16(18)24(15)12-13-7-4-3-5-8-13;1-2-13-17(18(23)19(20)24)16-14(9-6-10-15(16)22(25)26)21(13)11-12-7-4-3-5-8-12;1-2-14-17(18(23)19(21)24)16-13(20)9-6-10-15(16)22(14)11-12-7-4-3-5-8-12;1-2-14-11-15-16(9-6-10-17(15)19(20)21)18(14)12-13-7-4-3-5-8-13;1-2-7-6-8-9(11-7)4-3-5-10(8)12(13)14/h4-11,24H,3,12-13H2,1-2H3,(H2,23,28);3-10,23H,2,11-12H2,1H3,(H2,22,28)(H,25,26);3-10H,2,11H2,1H3,(H2,20,24);3-10H,2,11,20H2,1H3,(H2,21,24);3-11H,2,12H2,1H3;3-6,11H,2H2,1H3. The summed E-state index contributed by atoms with van der Waals surface area (Å²) >= 11 is 0. The number of carbonyl (C=O) groups excluding carboxylic acids is 9. The first-order valence-electron chi connectivity index (χ1n) is 45.6. The molecule has 0 aliphatic carbocycles. The lowest BCUT2D eigenvalue weighted by atomic mass is 10.0. The van der Waals surface area contributed by atoms with Gasteiger partial charge in [-0.2, -0.15) is 0 Å². The molecule has 17 aromatic rings. The SMILES string of the molecule is CCc1c(C(=O)C(N)=O)c2c(N)cccc2n1Cc1ccccc1.CCc1c(C(=O)C(N)=O)c2c(NCC(=O)O)cccc2n1Cc1ccccc1.CCc1c(C(=O)C(N)=O)c2c(NCC(=O)OC)cccc2n1Cc1ccccc1.CCc1c(C(=O)C(N)=O)c2c([N+](=O)[O-])cccc2n1Cc1ccccc1.CCc1cc2c([N+](=O)[O-])cccc2[nH]1.CCc1cc2c([N+](=O)[O-])cccc2n1Cc1ccccc1. The Morgan fingerprint density at radius 2 is 0.655 bits per heavy atom. The van der Waals surface area contributed by atoms with Crippen molar-refractivity contribution in [3.63, 3.8) is 0 Å². The molecule has 6 aromatic heterocycles. The molecule has 726 valence electrons. The summed E-state index contributed by atoms with van der Waals surface area (Å²) in [6.45, 7) is 14.1. The van der Waals surface area contributed by atoms with Gasteiger partial charge in [0.15, 0.2) is 0 Å². The van der Waals surface area contributed by atoms with Crippen molar-refractivity contribution in [2.45, 2.75) is 113 Å². The van der Waals surface area contributed by atoms with E-state index in [-0.39, 0.29) is 62.1 Å². The number of Topliss-reactive ketones (excluding diaryl/α,β-unsaturated/α-hetero) is 4. The number of carboxylic acid groups (broad SMARTS) is 1. The maximum absolute atomic E-state index is 12.7. The van der Waals surface area contributed by atoms with Crippen molar-refractivity contribution in [1.29, 1.82) is 0 Å². The average molecular weight is 1920 g/mol. The molecule has 0 spiro atoms. The summed E-state index contributed by atoms with van der Waals surface area (Å²) in [5.74, 6) is -8.74. The molecule has 6 heterocycles. The number of ether oxygens (including phenoxy) is 1. The normalized spacial score (nSPS) is 10.8. The van der Waals surface area contributed by atoms with E-state index in [9.17, 15) is 78.3 Å². The molecule has 34 nitrogen and oxygen atoms in total. The minimum absolute atomic E-state index is 0.0261. The van der Waals surface area contributed by atoms with E-state index in [1.54, 1.807) is 54.6 Å². The van der Waals surface area contributed by atoms with Crippen LogP contribution in [0.1, 0.15) is 145 Å². The Morgan fingerprint density at radius 3 is 1.00 bits per heavy atom. The molecule has 4 amide bonds. The summed E-state index contributed by atoms with van der Waals surface area (Å²) in [5.41, 5.74) is 44.6. The number of methoxy groups -OCH3 is 1. The number of aliphatic carboxylic acids is 1. The third-order valence-corrected chi connectivity index (χ3v) is 24.0.